The fourth-order valence-corrected chi connectivity index (χ4v) is 2.57. The number of aryl methyl sites for hydroxylation is 1. The summed E-state index contributed by atoms with van der Waals surface area (Å²) in [6.45, 7) is 3.26. The van der Waals surface area contributed by atoms with E-state index < -0.39 is 0 Å². The van der Waals surface area contributed by atoms with Gasteiger partial charge in [-0.2, -0.15) is 0 Å². The summed E-state index contributed by atoms with van der Waals surface area (Å²) in [7, 11) is 0. The van der Waals surface area contributed by atoms with Crippen LogP contribution in [0, 0.1) is 6.92 Å². The predicted octanol–water partition coefficient (Wildman–Crippen LogP) is 1.31. The topological polar surface area (TPSA) is 43.7 Å². The molecule has 2 rings (SSSR count). The summed E-state index contributed by atoms with van der Waals surface area (Å²) in [5.74, 6) is 0. The normalized spacial score (nSPS) is 25.4. The molecule has 0 bridgehead atoms. The van der Waals surface area contributed by atoms with Crippen LogP contribution in [0.1, 0.15) is 24.0 Å². The van der Waals surface area contributed by atoms with Crippen molar-refractivity contribution in [3.05, 3.63) is 35.4 Å². The number of aliphatic hydroxyl groups is 2. The van der Waals surface area contributed by atoms with Crippen LogP contribution in [0.3, 0.4) is 0 Å². The van der Waals surface area contributed by atoms with Gasteiger partial charge in [-0.15, -0.1) is 0 Å². The average Bonchev–Trinajstić information content (AvgIpc) is 2.74. The lowest BCUT2D eigenvalue weighted by molar-refractivity contribution is 0.0903. The molecule has 1 aromatic rings. The summed E-state index contributed by atoms with van der Waals surface area (Å²) in [5, 5.41) is 18.7. The van der Waals surface area contributed by atoms with Gasteiger partial charge in [-0.3, -0.25) is 4.90 Å². The van der Waals surface area contributed by atoms with Crippen molar-refractivity contribution < 1.29 is 10.2 Å². The van der Waals surface area contributed by atoms with Crippen molar-refractivity contribution in [2.24, 2.45) is 0 Å². The maximum Gasteiger partial charge on any atom is 0.0587 e. The molecule has 0 aromatic heterocycles. The Morgan fingerprint density at radius 2 is 1.59 bits per heavy atom. The van der Waals surface area contributed by atoms with Gasteiger partial charge in [0, 0.05) is 18.6 Å². The largest absolute Gasteiger partial charge is 0.395 e. The highest BCUT2D eigenvalue weighted by molar-refractivity contribution is 5.21. The van der Waals surface area contributed by atoms with E-state index in [-0.39, 0.29) is 25.3 Å². The van der Waals surface area contributed by atoms with Crippen molar-refractivity contribution in [3.8, 4) is 0 Å². The van der Waals surface area contributed by atoms with Crippen LogP contribution in [0.15, 0.2) is 24.3 Å². The van der Waals surface area contributed by atoms with Crippen molar-refractivity contribution in [2.45, 2.75) is 38.4 Å². The minimum atomic E-state index is 0.183. The minimum Gasteiger partial charge on any atom is -0.395 e. The van der Waals surface area contributed by atoms with Gasteiger partial charge in [0.15, 0.2) is 0 Å². The molecule has 0 amide bonds. The first-order chi connectivity index (χ1) is 8.24. The van der Waals surface area contributed by atoms with E-state index in [1.165, 1.54) is 11.1 Å². The number of benzene rings is 1. The Morgan fingerprint density at radius 3 is 2.06 bits per heavy atom. The highest BCUT2D eigenvalue weighted by Gasteiger charge is 2.32. The summed E-state index contributed by atoms with van der Waals surface area (Å²) in [4.78, 5) is 2.23. The molecule has 1 saturated heterocycles. The number of likely N-dealkylation sites (tertiary alicyclic amines) is 1. The summed E-state index contributed by atoms with van der Waals surface area (Å²) >= 11 is 0. The van der Waals surface area contributed by atoms with Crippen LogP contribution >= 0.6 is 0 Å². The Hall–Kier alpha value is -0.900. The molecule has 3 nitrogen and oxygen atoms in total. The lowest BCUT2D eigenvalue weighted by Crippen LogP contribution is -2.39. The summed E-state index contributed by atoms with van der Waals surface area (Å²) in [5.41, 5.74) is 2.50. The molecule has 2 atom stereocenters. The van der Waals surface area contributed by atoms with E-state index in [4.69, 9.17) is 0 Å². The van der Waals surface area contributed by atoms with Crippen LogP contribution < -0.4 is 0 Å². The Bertz CT molecular complexity index is 338. The molecule has 1 aliphatic heterocycles. The number of hydrogen-bond donors (Lipinski definition) is 2. The van der Waals surface area contributed by atoms with E-state index >= 15 is 0 Å². The maximum atomic E-state index is 9.35. The number of rotatable bonds is 4. The van der Waals surface area contributed by atoms with E-state index in [9.17, 15) is 10.2 Å². The SMILES string of the molecule is Cc1ccc(CN2[C@@H](CO)CC[C@@H]2CO)cc1. The second-order valence-corrected chi connectivity index (χ2v) is 4.91. The molecule has 17 heavy (non-hydrogen) atoms. The van der Waals surface area contributed by atoms with E-state index in [0.717, 1.165) is 19.4 Å². The molecule has 1 heterocycles. The summed E-state index contributed by atoms with van der Waals surface area (Å²) in [6, 6.07) is 8.86. The molecule has 2 N–H and O–H groups in total. The molecule has 0 saturated carbocycles. The molecule has 1 fully saturated rings. The number of hydrogen-bond acceptors (Lipinski definition) is 3. The molecule has 94 valence electrons. The van der Waals surface area contributed by atoms with Gasteiger partial charge in [0.2, 0.25) is 0 Å². The molecule has 1 aliphatic rings. The number of aliphatic hydroxyl groups excluding tert-OH is 2. The standard InChI is InChI=1S/C14H21NO2/c1-11-2-4-12(5-3-11)8-15-13(9-16)6-7-14(15)10-17/h2-5,13-14,16-17H,6-10H2,1H3/t13-,14-/m1/s1. The Kier molecular flexibility index (Phi) is 4.15. The van der Waals surface area contributed by atoms with Crippen LogP contribution in [0.2, 0.25) is 0 Å². The summed E-state index contributed by atoms with van der Waals surface area (Å²) < 4.78 is 0. The molecule has 0 spiro atoms. The molecule has 0 radical (unpaired) electrons. The molecular formula is C14H21NO2. The lowest BCUT2D eigenvalue weighted by Gasteiger charge is -2.28. The number of nitrogens with zero attached hydrogens (tertiary/aromatic N) is 1. The smallest absolute Gasteiger partial charge is 0.0587 e. The van der Waals surface area contributed by atoms with Gasteiger partial charge >= 0.3 is 0 Å². The Labute approximate surface area is 103 Å². The van der Waals surface area contributed by atoms with Gasteiger partial charge < -0.3 is 10.2 Å². The van der Waals surface area contributed by atoms with E-state index in [2.05, 4.69) is 36.1 Å². The molecule has 0 aliphatic carbocycles. The van der Waals surface area contributed by atoms with Crippen LogP contribution in [-0.2, 0) is 6.54 Å². The van der Waals surface area contributed by atoms with Crippen LogP contribution in [-0.4, -0.2) is 40.4 Å². The van der Waals surface area contributed by atoms with Crippen molar-refractivity contribution in [2.75, 3.05) is 13.2 Å². The summed E-state index contributed by atoms with van der Waals surface area (Å²) in [6.07, 6.45) is 1.96. The highest BCUT2D eigenvalue weighted by Crippen LogP contribution is 2.25. The fraction of sp³-hybridized carbons (Fsp3) is 0.571. The zero-order valence-electron chi connectivity index (χ0n) is 10.3. The van der Waals surface area contributed by atoms with Gasteiger partial charge in [0.1, 0.15) is 0 Å². The van der Waals surface area contributed by atoms with Crippen molar-refractivity contribution >= 4 is 0 Å². The van der Waals surface area contributed by atoms with Crippen molar-refractivity contribution in [1.82, 2.24) is 4.90 Å². The first kappa shape index (κ1) is 12.6. The third-order valence-electron chi connectivity index (χ3n) is 3.68. The zero-order chi connectivity index (χ0) is 12.3. The van der Waals surface area contributed by atoms with Crippen LogP contribution in [0.25, 0.3) is 0 Å². The maximum absolute atomic E-state index is 9.35. The molecule has 3 heteroatoms. The second-order valence-electron chi connectivity index (χ2n) is 4.91. The molecule has 1 aromatic carbocycles. The minimum absolute atomic E-state index is 0.183. The van der Waals surface area contributed by atoms with Gasteiger partial charge in [-0.05, 0) is 25.3 Å². The van der Waals surface area contributed by atoms with E-state index in [1.807, 2.05) is 0 Å². The van der Waals surface area contributed by atoms with Crippen LogP contribution in [0.4, 0.5) is 0 Å². The van der Waals surface area contributed by atoms with Crippen molar-refractivity contribution in [1.29, 1.82) is 0 Å². The fourth-order valence-electron chi connectivity index (χ4n) is 2.57. The van der Waals surface area contributed by atoms with Gasteiger partial charge in [0.25, 0.3) is 0 Å². The monoisotopic (exact) mass is 235 g/mol. The Balaban J connectivity index is 2.07. The zero-order valence-corrected chi connectivity index (χ0v) is 10.3. The van der Waals surface area contributed by atoms with Gasteiger partial charge in [0.05, 0.1) is 13.2 Å². The van der Waals surface area contributed by atoms with Crippen molar-refractivity contribution in [3.63, 3.8) is 0 Å². The highest BCUT2D eigenvalue weighted by atomic mass is 16.3. The predicted molar refractivity (Wildman–Crippen MR) is 67.7 cm³/mol. The first-order valence-corrected chi connectivity index (χ1v) is 6.27. The van der Waals surface area contributed by atoms with Gasteiger partial charge in [-0.25, -0.2) is 0 Å². The Morgan fingerprint density at radius 1 is 1.06 bits per heavy atom. The van der Waals surface area contributed by atoms with E-state index in [1.54, 1.807) is 0 Å². The van der Waals surface area contributed by atoms with Crippen LogP contribution in [0.5, 0.6) is 0 Å². The third-order valence-corrected chi connectivity index (χ3v) is 3.68. The molecular weight excluding hydrogens is 214 g/mol. The quantitative estimate of drug-likeness (QED) is 0.827. The second kappa shape index (κ2) is 5.63. The average molecular weight is 235 g/mol. The van der Waals surface area contributed by atoms with E-state index in [0.29, 0.717) is 0 Å². The van der Waals surface area contributed by atoms with Gasteiger partial charge in [-0.1, -0.05) is 29.8 Å². The molecule has 0 unspecified atom stereocenters. The third kappa shape index (κ3) is 2.86. The first-order valence-electron chi connectivity index (χ1n) is 6.27. The lowest BCUT2D eigenvalue weighted by atomic mass is 10.1.